The van der Waals surface area contributed by atoms with Crippen LogP contribution in [0.15, 0.2) is 12.1 Å². The van der Waals surface area contributed by atoms with E-state index in [4.69, 9.17) is 9.47 Å². The molecule has 1 fully saturated rings. The van der Waals surface area contributed by atoms with E-state index in [0.29, 0.717) is 18.9 Å². The van der Waals surface area contributed by atoms with E-state index in [1.54, 1.807) is 4.90 Å². The lowest BCUT2D eigenvalue weighted by molar-refractivity contribution is -0.134. The van der Waals surface area contributed by atoms with Crippen molar-refractivity contribution in [1.82, 2.24) is 9.88 Å². The van der Waals surface area contributed by atoms with Gasteiger partial charge in [0.05, 0.1) is 25.0 Å². The van der Waals surface area contributed by atoms with Crippen LogP contribution in [0.2, 0.25) is 0 Å². The van der Waals surface area contributed by atoms with Crippen molar-refractivity contribution in [3.63, 3.8) is 0 Å². The zero-order chi connectivity index (χ0) is 15.2. The van der Waals surface area contributed by atoms with Crippen molar-refractivity contribution < 1.29 is 19.4 Å². The summed E-state index contributed by atoms with van der Waals surface area (Å²) in [5.74, 6) is 0.491. The van der Waals surface area contributed by atoms with Gasteiger partial charge in [-0.25, -0.2) is 0 Å². The summed E-state index contributed by atoms with van der Waals surface area (Å²) in [7, 11) is 0. The highest BCUT2D eigenvalue weighted by atomic mass is 16.5. The van der Waals surface area contributed by atoms with Gasteiger partial charge in [0.1, 0.15) is 5.75 Å². The Hall–Kier alpha value is -1.66. The maximum Gasteiger partial charge on any atom is 0.260 e. The minimum Gasteiger partial charge on any atom is -0.482 e. The molecule has 6 nitrogen and oxygen atoms in total. The quantitative estimate of drug-likeness (QED) is 0.878. The molecule has 0 unspecified atom stereocenters. The fourth-order valence-electron chi connectivity index (χ4n) is 2.23. The predicted octanol–water partition coefficient (Wildman–Crippen LogP) is 0.551. The first-order chi connectivity index (χ1) is 10.1. The number of hydrogen-bond acceptors (Lipinski definition) is 5. The molecule has 0 bridgehead atoms. The first-order valence-electron chi connectivity index (χ1n) is 7.23. The molecule has 21 heavy (non-hydrogen) atoms. The fourth-order valence-corrected chi connectivity index (χ4v) is 2.23. The molecule has 0 spiro atoms. The molecule has 1 amide bonds. The van der Waals surface area contributed by atoms with E-state index in [1.165, 1.54) is 0 Å². The van der Waals surface area contributed by atoms with Gasteiger partial charge in [-0.1, -0.05) is 6.92 Å². The Balaban J connectivity index is 1.94. The summed E-state index contributed by atoms with van der Waals surface area (Å²) in [6.45, 7) is 5.35. The number of aliphatic hydroxyl groups is 1. The van der Waals surface area contributed by atoms with Crippen molar-refractivity contribution in [1.29, 1.82) is 0 Å². The molecular weight excluding hydrogens is 272 g/mol. The largest absolute Gasteiger partial charge is 0.482 e. The van der Waals surface area contributed by atoms with Crippen LogP contribution < -0.4 is 4.74 Å². The van der Waals surface area contributed by atoms with Crippen LogP contribution in [0.3, 0.4) is 0 Å². The Kier molecular flexibility index (Phi) is 5.52. The van der Waals surface area contributed by atoms with Gasteiger partial charge in [0.15, 0.2) is 6.61 Å². The van der Waals surface area contributed by atoms with Gasteiger partial charge in [-0.2, -0.15) is 0 Å². The van der Waals surface area contributed by atoms with Gasteiger partial charge >= 0.3 is 0 Å². The maximum absolute atomic E-state index is 12.2. The molecule has 2 heterocycles. The lowest BCUT2D eigenvalue weighted by Crippen LogP contribution is -2.40. The molecule has 2 rings (SSSR count). The number of nitrogens with zero attached hydrogens (tertiary/aromatic N) is 2. The molecule has 0 aromatic carbocycles. The normalized spacial score (nSPS) is 19.2. The molecule has 6 heteroatoms. The summed E-state index contributed by atoms with van der Waals surface area (Å²) in [4.78, 5) is 18.1. The van der Waals surface area contributed by atoms with Crippen molar-refractivity contribution in [2.45, 2.75) is 26.4 Å². The second-order valence-electron chi connectivity index (χ2n) is 5.11. The third kappa shape index (κ3) is 4.41. The third-order valence-corrected chi connectivity index (χ3v) is 3.36. The summed E-state index contributed by atoms with van der Waals surface area (Å²) in [5, 5.41) is 9.64. The molecule has 0 radical (unpaired) electrons. The maximum atomic E-state index is 12.2. The first-order valence-corrected chi connectivity index (χ1v) is 7.23. The molecule has 1 aliphatic heterocycles. The summed E-state index contributed by atoms with van der Waals surface area (Å²) in [5.41, 5.74) is 1.78. The van der Waals surface area contributed by atoms with Gasteiger partial charge in [-0.05, 0) is 25.5 Å². The number of carbonyl (C=O) groups is 1. The van der Waals surface area contributed by atoms with Crippen molar-refractivity contribution in [2.75, 3.05) is 32.9 Å². The SMILES string of the molecule is CCc1nc(C)ccc1OCC(=O)N1CCOC[C@@H](O)C1. The lowest BCUT2D eigenvalue weighted by Gasteiger charge is -2.21. The van der Waals surface area contributed by atoms with Gasteiger partial charge in [0, 0.05) is 18.8 Å². The van der Waals surface area contributed by atoms with Crippen LogP contribution in [-0.2, 0) is 16.0 Å². The van der Waals surface area contributed by atoms with Crippen LogP contribution in [0.25, 0.3) is 0 Å². The van der Waals surface area contributed by atoms with Gasteiger partial charge < -0.3 is 19.5 Å². The summed E-state index contributed by atoms with van der Waals surface area (Å²) in [6.07, 6.45) is 0.116. The standard InChI is InChI=1S/C15H22N2O4/c1-3-13-14(5-4-11(2)16-13)21-10-15(19)17-6-7-20-9-12(18)8-17/h4-5,12,18H,3,6-10H2,1-2H3/t12-/m0/s1. The predicted molar refractivity (Wildman–Crippen MR) is 77.3 cm³/mol. The highest BCUT2D eigenvalue weighted by molar-refractivity contribution is 5.77. The van der Waals surface area contributed by atoms with Crippen LogP contribution in [-0.4, -0.2) is 59.9 Å². The molecule has 1 aliphatic rings. The van der Waals surface area contributed by atoms with Crippen molar-refractivity contribution >= 4 is 5.91 Å². The van der Waals surface area contributed by atoms with Gasteiger partial charge in [-0.3, -0.25) is 9.78 Å². The van der Waals surface area contributed by atoms with E-state index in [-0.39, 0.29) is 25.7 Å². The Morgan fingerprint density at radius 1 is 1.57 bits per heavy atom. The number of amides is 1. The zero-order valence-corrected chi connectivity index (χ0v) is 12.5. The number of ether oxygens (including phenoxy) is 2. The highest BCUT2D eigenvalue weighted by Gasteiger charge is 2.21. The van der Waals surface area contributed by atoms with Crippen LogP contribution in [0.4, 0.5) is 0 Å². The number of aromatic nitrogens is 1. The fraction of sp³-hybridized carbons (Fsp3) is 0.600. The molecule has 1 aromatic rings. The number of hydrogen-bond donors (Lipinski definition) is 1. The Morgan fingerprint density at radius 3 is 3.14 bits per heavy atom. The number of aryl methyl sites for hydroxylation is 2. The van der Waals surface area contributed by atoms with Gasteiger partial charge in [0.2, 0.25) is 0 Å². The van der Waals surface area contributed by atoms with E-state index in [9.17, 15) is 9.90 Å². The zero-order valence-electron chi connectivity index (χ0n) is 12.5. The Labute approximate surface area is 124 Å². The van der Waals surface area contributed by atoms with Crippen molar-refractivity contribution in [3.8, 4) is 5.75 Å². The van der Waals surface area contributed by atoms with Crippen molar-refractivity contribution in [2.24, 2.45) is 0 Å². The lowest BCUT2D eigenvalue weighted by atomic mass is 10.2. The summed E-state index contributed by atoms with van der Waals surface area (Å²) in [6, 6.07) is 3.71. The average Bonchev–Trinajstić information content (AvgIpc) is 2.70. The topological polar surface area (TPSA) is 71.9 Å². The molecule has 1 aromatic heterocycles. The molecule has 116 valence electrons. The molecule has 1 N–H and O–H groups in total. The Morgan fingerprint density at radius 2 is 2.38 bits per heavy atom. The number of aliphatic hydroxyl groups excluding tert-OH is 1. The van der Waals surface area contributed by atoms with E-state index in [0.717, 1.165) is 17.8 Å². The number of rotatable bonds is 4. The van der Waals surface area contributed by atoms with E-state index in [1.807, 2.05) is 26.0 Å². The van der Waals surface area contributed by atoms with E-state index in [2.05, 4.69) is 4.98 Å². The van der Waals surface area contributed by atoms with E-state index >= 15 is 0 Å². The minimum atomic E-state index is -0.635. The number of β-amino-alcohol motifs (C(OH)–C–C–N with tert-alkyl or cyclic N) is 1. The Bertz CT molecular complexity index is 493. The average molecular weight is 294 g/mol. The van der Waals surface area contributed by atoms with Crippen LogP contribution >= 0.6 is 0 Å². The van der Waals surface area contributed by atoms with E-state index < -0.39 is 6.10 Å². The second kappa shape index (κ2) is 7.38. The van der Waals surface area contributed by atoms with Crippen LogP contribution in [0.5, 0.6) is 5.75 Å². The number of pyridine rings is 1. The first kappa shape index (κ1) is 15.7. The second-order valence-corrected chi connectivity index (χ2v) is 5.11. The summed E-state index contributed by atoms with van der Waals surface area (Å²) >= 11 is 0. The summed E-state index contributed by atoms with van der Waals surface area (Å²) < 4.78 is 10.8. The van der Waals surface area contributed by atoms with Gasteiger partial charge in [-0.15, -0.1) is 0 Å². The monoisotopic (exact) mass is 294 g/mol. The molecular formula is C15H22N2O4. The third-order valence-electron chi connectivity index (χ3n) is 3.36. The van der Waals surface area contributed by atoms with Crippen LogP contribution in [0.1, 0.15) is 18.3 Å². The molecule has 1 atom stereocenters. The van der Waals surface area contributed by atoms with Gasteiger partial charge in [0.25, 0.3) is 5.91 Å². The highest BCUT2D eigenvalue weighted by Crippen LogP contribution is 2.17. The molecule has 1 saturated heterocycles. The number of carbonyl (C=O) groups excluding carboxylic acids is 1. The smallest absolute Gasteiger partial charge is 0.260 e. The molecule has 0 saturated carbocycles. The molecule has 0 aliphatic carbocycles. The van der Waals surface area contributed by atoms with Crippen molar-refractivity contribution in [3.05, 3.63) is 23.5 Å². The minimum absolute atomic E-state index is 0.0511. The van der Waals surface area contributed by atoms with Crippen LogP contribution in [0, 0.1) is 6.92 Å².